The van der Waals surface area contributed by atoms with Gasteiger partial charge in [-0.15, -0.1) is 0 Å². The molecule has 5 saturated heterocycles. The van der Waals surface area contributed by atoms with E-state index >= 15 is 0 Å². The number of hydrogen-bond donors (Lipinski definition) is 2. The number of allylic oxidation sites excluding steroid dienone is 1. The van der Waals surface area contributed by atoms with E-state index in [1.807, 2.05) is 54.5 Å². The van der Waals surface area contributed by atoms with E-state index in [4.69, 9.17) is 33.2 Å². The van der Waals surface area contributed by atoms with E-state index in [1.165, 1.54) is 0 Å². The molecule has 7 aliphatic rings. The van der Waals surface area contributed by atoms with Crippen LogP contribution >= 0.6 is 0 Å². The second-order valence-electron chi connectivity index (χ2n) is 20.0. The Balaban J connectivity index is 1.32. The Kier molecular flexibility index (Phi) is 15.1. The lowest BCUT2D eigenvalue weighted by atomic mass is 9.72. The lowest BCUT2D eigenvalue weighted by molar-refractivity contribution is -0.442. The van der Waals surface area contributed by atoms with Crippen LogP contribution in [0.1, 0.15) is 159 Å². The molecule has 7 rings (SSSR count). The zero-order chi connectivity index (χ0) is 43.8. The summed E-state index contributed by atoms with van der Waals surface area (Å²) in [5, 5.41) is 23.2. The molecule has 0 aliphatic carbocycles. The molecule has 342 valence electrons. The summed E-state index contributed by atoms with van der Waals surface area (Å²) in [7, 11) is 0. The second kappa shape index (κ2) is 19.0. The van der Waals surface area contributed by atoms with Crippen LogP contribution < -0.4 is 0 Å². The maximum Gasteiger partial charge on any atom is 0.311 e. The highest BCUT2D eigenvalue weighted by Crippen LogP contribution is 2.56. The molecule has 7 heterocycles. The fourth-order valence-corrected chi connectivity index (χ4v) is 11.8. The predicted molar refractivity (Wildman–Crippen MR) is 224 cm³/mol. The van der Waals surface area contributed by atoms with Crippen molar-refractivity contribution in [3.63, 3.8) is 0 Å². The summed E-state index contributed by atoms with van der Waals surface area (Å²) in [4.78, 5) is 41.7. The highest BCUT2D eigenvalue weighted by atomic mass is 16.8. The lowest BCUT2D eigenvalue weighted by Crippen LogP contribution is -2.65. The fourth-order valence-electron chi connectivity index (χ4n) is 11.8. The van der Waals surface area contributed by atoms with E-state index in [0.717, 1.165) is 12.8 Å². The first-order valence-electron chi connectivity index (χ1n) is 23.7. The first-order chi connectivity index (χ1) is 28.4. The van der Waals surface area contributed by atoms with Crippen molar-refractivity contribution in [3.8, 4) is 0 Å². The van der Waals surface area contributed by atoms with Gasteiger partial charge in [0.2, 0.25) is 5.79 Å². The van der Waals surface area contributed by atoms with Gasteiger partial charge < -0.3 is 43.4 Å². The summed E-state index contributed by atoms with van der Waals surface area (Å²) < 4.78 is 46.9. The minimum atomic E-state index is -1.33. The van der Waals surface area contributed by atoms with Gasteiger partial charge in [-0.1, -0.05) is 67.5 Å². The number of carbonyl (C=O) groups excluding carboxylic acids is 3. The maximum absolute atomic E-state index is 14.7. The van der Waals surface area contributed by atoms with Gasteiger partial charge in [-0.3, -0.25) is 14.4 Å². The number of carbonyl (C=O) groups is 3. The van der Waals surface area contributed by atoms with Crippen LogP contribution in [0, 0.1) is 41.4 Å². The number of aliphatic hydroxyl groups excluding tert-OH is 1. The topological polar surface area (TPSA) is 156 Å². The van der Waals surface area contributed by atoms with Crippen LogP contribution in [0.15, 0.2) is 12.2 Å². The zero-order valence-corrected chi connectivity index (χ0v) is 38.3. The second-order valence-corrected chi connectivity index (χ2v) is 20.0. The van der Waals surface area contributed by atoms with Crippen LogP contribution in [0.5, 0.6) is 0 Å². The molecule has 18 atom stereocenters. The van der Waals surface area contributed by atoms with Crippen molar-refractivity contribution in [2.45, 2.75) is 225 Å². The molecule has 0 unspecified atom stereocenters. The minimum Gasteiger partial charge on any atom is -0.461 e. The smallest absolute Gasteiger partial charge is 0.311 e. The van der Waals surface area contributed by atoms with Gasteiger partial charge in [-0.05, 0) is 96.3 Å². The molecule has 0 aromatic heterocycles. The molecule has 0 radical (unpaired) electrons. The number of esters is 2. The number of hydrogen-bond acceptors (Lipinski definition) is 12. The number of ketones is 1. The van der Waals surface area contributed by atoms with Crippen LogP contribution in [0.4, 0.5) is 0 Å². The van der Waals surface area contributed by atoms with E-state index in [1.54, 1.807) is 6.08 Å². The SMILES string of the molecule is CC[C@H]1C(=O)[C@@H](C)[C@@H](O)[C@H](C)[C@@H]2O[C@H](CC[C@@H]2C)[C@@H](CC)C(=O)OC/C=C\CCC(=O)O[C@@H]2CC[C@]3(O[C@H]1[C@@H](C)C[C@H]3C)O[C@@]21CC[C@@](C)([C@H]2CC[C@](O)(CC)[C@H](C)O2)O1. The van der Waals surface area contributed by atoms with Gasteiger partial charge in [0.1, 0.15) is 12.4 Å². The number of rotatable bonds is 4. The predicted octanol–water partition coefficient (Wildman–Crippen LogP) is 7.77. The summed E-state index contributed by atoms with van der Waals surface area (Å²) in [5.41, 5.74) is -1.70. The standard InChI is InChI=1S/C48H78O12/c1-11-34-36-19-18-28(4)42(56-36)32(8)40(50)31(7)41(51)35(12-2)43-29(5)27-30(6)47(58-43)23-21-38(57-39(49)17-15-14-16-26-54-44(34)52)48(60-47)25-24-45(10,59-48)37-20-22-46(53,13-3)33(9)55-37/h14,16,28-38,40,42-43,50,53H,11-13,15,17-27H2,1-10H3/b16-14-/t28-,29-,30+,31-,32-,33-,34+,35-,36+,37+,38+,40+,42+,43-,45-,46+,47-,48-/m0/s1. The van der Waals surface area contributed by atoms with Crippen LogP contribution in [0.25, 0.3) is 0 Å². The Hall–Kier alpha value is -1.93. The molecule has 2 N–H and O–H groups in total. The van der Waals surface area contributed by atoms with Crippen LogP contribution in [0.3, 0.4) is 0 Å². The third-order valence-electron chi connectivity index (χ3n) is 16.1. The molecule has 0 amide bonds. The van der Waals surface area contributed by atoms with Gasteiger partial charge in [0.25, 0.3) is 0 Å². The molecule has 12 nitrogen and oxygen atoms in total. The first-order valence-corrected chi connectivity index (χ1v) is 23.7. The zero-order valence-electron chi connectivity index (χ0n) is 38.3. The summed E-state index contributed by atoms with van der Waals surface area (Å²) >= 11 is 0. The molecule has 0 aromatic carbocycles. The van der Waals surface area contributed by atoms with Gasteiger partial charge in [-0.2, -0.15) is 0 Å². The molecule has 2 spiro atoms. The largest absolute Gasteiger partial charge is 0.461 e. The van der Waals surface area contributed by atoms with E-state index in [2.05, 4.69) is 20.8 Å². The molecule has 60 heavy (non-hydrogen) atoms. The Morgan fingerprint density at radius 1 is 0.767 bits per heavy atom. The van der Waals surface area contributed by atoms with Gasteiger partial charge >= 0.3 is 11.9 Å². The first kappa shape index (κ1) is 47.5. The van der Waals surface area contributed by atoms with Crippen molar-refractivity contribution >= 4 is 17.7 Å². The number of fused-ring (bicyclic) bond motifs is 13. The van der Waals surface area contributed by atoms with Crippen LogP contribution in [-0.2, 0) is 47.5 Å². The van der Waals surface area contributed by atoms with E-state index in [0.29, 0.717) is 70.6 Å². The fraction of sp³-hybridized carbons (Fsp3) is 0.896. The highest BCUT2D eigenvalue weighted by molar-refractivity contribution is 5.84. The van der Waals surface area contributed by atoms with Crippen molar-refractivity contribution in [3.05, 3.63) is 12.2 Å². The number of aliphatic hydroxyl groups is 2. The summed E-state index contributed by atoms with van der Waals surface area (Å²) in [6.45, 7) is 20.1. The number of Topliss-reactive ketones (excluding diaryl/α,β-unsaturated/α-hetero) is 1. The third kappa shape index (κ3) is 9.32. The van der Waals surface area contributed by atoms with Gasteiger partial charge in [0.05, 0.1) is 53.7 Å². The van der Waals surface area contributed by atoms with Crippen molar-refractivity contribution < 1.29 is 57.8 Å². The normalized spacial score (nSPS) is 49.5. The molecule has 0 aromatic rings. The quantitative estimate of drug-likeness (QED) is 0.210. The Morgan fingerprint density at radius 3 is 2.17 bits per heavy atom. The van der Waals surface area contributed by atoms with Crippen molar-refractivity contribution in [2.24, 2.45) is 41.4 Å². The van der Waals surface area contributed by atoms with Gasteiger partial charge in [0.15, 0.2) is 11.9 Å². The Bertz CT molecular complexity index is 1540. The molecule has 12 heteroatoms. The summed E-state index contributed by atoms with van der Waals surface area (Å²) in [6.07, 6.45) is 7.62. The molecular weight excluding hydrogens is 769 g/mol. The van der Waals surface area contributed by atoms with Gasteiger partial charge in [0, 0.05) is 42.9 Å². The molecule has 5 bridgehead atoms. The van der Waals surface area contributed by atoms with Crippen molar-refractivity contribution in [2.75, 3.05) is 6.61 Å². The lowest BCUT2D eigenvalue weighted by Gasteiger charge is -2.57. The molecule has 5 fully saturated rings. The minimum absolute atomic E-state index is 0.0281. The monoisotopic (exact) mass is 847 g/mol. The average molecular weight is 847 g/mol. The van der Waals surface area contributed by atoms with E-state index in [-0.39, 0.29) is 78.8 Å². The summed E-state index contributed by atoms with van der Waals surface area (Å²) in [6, 6.07) is 0. The number of ether oxygens (including phenoxy) is 7. The van der Waals surface area contributed by atoms with Gasteiger partial charge in [-0.25, -0.2) is 0 Å². The van der Waals surface area contributed by atoms with Crippen LogP contribution in [-0.4, -0.2) is 100 Å². The Labute approximate surface area is 359 Å². The van der Waals surface area contributed by atoms with E-state index in [9.17, 15) is 24.6 Å². The molecular formula is C48H78O12. The van der Waals surface area contributed by atoms with Crippen molar-refractivity contribution in [1.82, 2.24) is 0 Å². The highest BCUT2D eigenvalue weighted by Gasteiger charge is 2.65. The average Bonchev–Trinajstić information content (AvgIpc) is 3.56. The van der Waals surface area contributed by atoms with Crippen LogP contribution in [0.2, 0.25) is 0 Å². The maximum atomic E-state index is 14.7. The van der Waals surface area contributed by atoms with E-state index < -0.39 is 58.8 Å². The molecule has 7 aliphatic heterocycles. The molecule has 0 saturated carbocycles. The Morgan fingerprint density at radius 2 is 1.48 bits per heavy atom. The van der Waals surface area contributed by atoms with Crippen molar-refractivity contribution in [1.29, 1.82) is 0 Å². The third-order valence-corrected chi connectivity index (χ3v) is 16.1. The summed E-state index contributed by atoms with van der Waals surface area (Å²) in [5.74, 6) is -5.12.